The van der Waals surface area contributed by atoms with Crippen LogP contribution < -0.4 is 5.32 Å². The smallest absolute Gasteiger partial charge is 0.257 e. The Hall–Kier alpha value is -2.34. The van der Waals surface area contributed by atoms with Crippen molar-refractivity contribution in [2.75, 3.05) is 18.4 Å². The molecule has 1 aliphatic rings. The standard InChI is InChI=1S/C21H21FN4O3S3/c1-14-4-9-17(32(28,29)26-10-2-3-11-26)12-18(14)19(27)23-20-24-25-21(31-20)30-13-15-5-7-16(22)8-6-15/h4-9,12H,2-3,10-11,13H2,1H3,(H,23,24,27). The van der Waals surface area contributed by atoms with E-state index in [1.54, 1.807) is 25.1 Å². The van der Waals surface area contributed by atoms with E-state index in [0.717, 1.165) is 18.4 Å². The number of carbonyl (C=O) groups is 1. The molecule has 2 heterocycles. The molecule has 11 heteroatoms. The number of hydrogen-bond acceptors (Lipinski definition) is 7. The van der Waals surface area contributed by atoms with Crippen LogP contribution in [-0.4, -0.2) is 41.9 Å². The van der Waals surface area contributed by atoms with Gasteiger partial charge in [0.05, 0.1) is 4.90 Å². The van der Waals surface area contributed by atoms with Crippen molar-refractivity contribution in [3.05, 3.63) is 65.0 Å². The SMILES string of the molecule is Cc1ccc(S(=O)(=O)N2CCCC2)cc1C(=O)Nc1nnc(SCc2ccc(F)cc2)s1. The number of aryl methyl sites for hydroxylation is 1. The fraction of sp³-hybridized carbons (Fsp3) is 0.286. The van der Waals surface area contributed by atoms with Crippen molar-refractivity contribution in [1.82, 2.24) is 14.5 Å². The van der Waals surface area contributed by atoms with Crippen LogP contribution in [0.3, 0.4) is 0 Å². The number of carbonyl (C=O) groups excluding carboxylic acids is 1. The number of benzene rings is 2. The molecule has 1 saturated heterocycles. The van der Waals surface area contributed by atoms with Crippen LogP contribution in [0, 0.1) is 12.7 Å². The predicted molar refractivity (Wildman–Crippen MR) is 123 cm³/mol. The number of rotatable bonds is 7. The lowest BCUT2D eigenvalue weighted by Gasteiger charge is -2.16. The highest BCUT2D eigenvalue weighted by atomic mass is 32.2. The molecule has 1 aromatic heterocycles. The lowest BCUT2D eigenvalue weighted by atomic mass is 10.1. The molecule has 2 aromatic carbocycles. The number of hydrogen-bond donors (Lipinski definition) is 1. The zero-order valence-corrected chi connectivity index (χ0v) is 19.7. The van der Waals surface area contributed by atoms with Crippen LogP contribution >= 0.6 is 23.1 Å². The highest BCUT2D eigenvalue weighted by Gasteiger charge is 2.28. The van der Waals surface area contributed by atoms with Crippen molar-refractivity contribution in [2.24, 2.45) is 0 Å². The molecule has 0 radical (unpaired) electrons. The van der Waals surface area contributed by atoms with Gasteiger partial charge in [-0.15, -0.1) is 10.2 Å². The van der Waals surface area contributed by atoms with Gasteiger partial charge in [-0.25, -0.2) is 12.8 Å². The van der Waals surface area contributed by atoms with Gasteiger partial charge in [0.25, 0.3) is 5.91 Å². The Morgan fingerprint density at radius 3 is 2.59 bits per heavy atom. The molecule has 0 saturated carbocycles. The zero-order chi connectivity index (χ0) is 22.7. The molecule has 168 valence electrons. The molecular formula is C21H21FN4O3S3. The Bertz CT molecular complexity index is 1220. The minimum Gasteiger partial charge on any atom is -0.296 e. The largest absolute Gasteiger partial charge is 0.296 e. The average Bonchev–Trinajstić information content (AvgIpc) is 3.46. The van der Waals surface area contributed by atoms with Gasteiger partial charge < -0.3 is 0 Å². The van der Waals surface area contributed by atoms with Crippen LogP contribution in [0.5, 0.6) is 0 Å². The summed E-state index contributed by atoms with van der Waals surface area (Å²) >= 11 is 2.66. The van der Waals surface area contributed by atoms with E-state index in [1.807, 2.05) is 0 Å². The third-order valence-electron chi connectivity index (χ3n) is 5.06. The molecule has 1 amide bonds. The van der Waals surface area contributed by atoms with Crippen molar-refractivity contribution in [3.8, 4) is 0 Å². The fourth-order valence-electron chi connectivity index (χ4n) is 3.29. The summed E-state index contributed by atoms with van der Waals surface area (Å²) in [4.78, 5) is 12.9. The Balaban J connectivity index is 1.44. The van der Waals surface area contributed by atoms with Gasteiger partial charge in [0.15, 0.2) is 4.34 Å². The Kier molecular flexibility index (Phi) is 6.89. The highest BCUT2D eigenvalue weighted by molar-refractivity contribution is 8.00. The van der Waals surface area contributed by atoms with Crippen molar-refractivity contribution in [1.29, 1.82) is 0 Å². The molecule has 0 bridgehead atoms. The van der Waals surface area contributed by atoms with Crippen LogP contribution in [0.15, 0.2) is 51.7 Å². The van der Waals surface area contributed by atoms with E-state index in [-0.39, 0.29) is 16.3 Å². The number of nitrogens with one attached hydrogen (secondary N) is 1. The number of sulfonamides is 1. The first-order valence-electron chi connectivity index (χ1n) is 9.96. The number of thioether (sulfide) groups is 1. The second kappa shape index (κ2) is 9.65. The topological polar surface area (TPSA) is 92.3 Å². The lowest BCUT2D eigenvalue weighted by Crippen LogP contribution is -2.28. The van der Waals surface area contributed by atoms with Crippen LogP contribution in [0.25, 0.3) is 0 Å². The van der Waals surface area contributed by atoms with Gasteiger partial charge >= 0.3 is 0 Å². The maximum atomic E-state index is 13.0. The maximum absolute atomic E-state index is 13.0. The molecule has 3 aromatic rings. The summed E-state index contributed by atoms with van der Waals surface area (Å²) in [6.45, 7) is 2.76. The lowest BCUT2D eigenvalue weighted by molar-refractivity contribution is 0.102. The van der Waals surface area contributed by atoms with Crippen LogP contribution in [0.4, 0.5) is 9.52 Å². The van der Waals surface area contributed by atoms with E-state index in [2.05, 4.69) is 15.5 Å². The number of amides is 1. The van der Waals surface area contributed by atoms with Crippen LogP contribution in [0.2, 0.25) is 0 Å². The summed E-state index contributed by atoms with van der Waals surface area (Å²) < 4.78 is 40.8. The van der Waals surface area contributed by atoms with Crippen molar-refractivity contribution >= 4 is 44.2 Å². The molecular weight excluding hydrogens is 471 g/mol. The first-order valence-corrected chi connectivity index (χ1v) is 13.2. The number of nitrogens with zero attached hydrogens (tertiary/aromatic N) is 3. The second-order valence-corrected chi connectivity index (χ2v) is 11.5. The Morgan fingerprint density at radius 1 is 1.16 bits per heavy atom. The van der Waals surface area contributed by atoms with E-state index >= 15 is 0 Å². The van der Waals surface area contributed by atoms with Crippen LogP contribution in [-0.2, 0) is 15.8 Å². The van der Waals surface area contributed by atoms with E-state index in [0.29, 0.717) is 33.9 Å². The summed E-state index contributed by atoms with van der Waals surface area (Å²) in [7, 11) is -3.62. The summed E-state index contributed by atoms with van der Waals surface area (Å²) in [6.07, 6.45) is 1.69. The van der Waals surface area contributed by atoms with Crippen LogP contribution in [0.1, 0.15) is 34.3 Å². The molecule has 7 nitrogen and oxygen atoms in total. The van der Waals surface area contributed by atoms with Gasteiger partial charge in [-0.05, 0) is 55.2 Å². The van der Waals surface area contributed by atoms with E-state index in [1.165, 1.54) is 51.7 Å². The molecule has 4 rings (SSSR count). The molecule has 1 fully saturated rings. The summed E-state index contributed by atoms with van der Waals surface area (Å²) in [6, 6.07) is 10.8. The Morgan fingerprint density at radius 2 is 1.88 bits per heavy atom. The van der Waals surface area contributed by atoms with Gasteiger partial charge in [0, 0.05) is 24.4 Å². The highest BCUT2D eigenvalue weighted by Crippen LogP contribution is 2.29. The van der Waals surface area contributed by atoms with E-state index in [9.17, 15) is 17.6 Å². The van der Waals surface area contributed by atoms with E-state index in [4.69, 9.17) is 0 Å². The van der Waals surface area contributed by atoms with Crippen molar-refractivity contribution in [3.63, 3.8) is 0 Å². The zero-order valence-electron chi connectivity index (χ0n) is 17.2. The predicted octanol–water partition coefficient (Wildman–Crippen LogP) is 4.31. The minimum absolute atomic E-state index is 0.114. The molecule has 0 aliphatic carbocycles. The number of halogens is 1. The van der Waals surface area contributed by atoms with Gasteiger partial charge in [-0.2, -0.15) is 4.31 Å². The molecule has 1 N–H and O–H groups in total. The molecule has 1 aliphatic heterocycles. The summed E-state index contributed by atoms with van der Waals surface area (Å²) in [5.74, 6) is -0.127. The normalized spacial score (nSPS) is 14.6. The fourth-order valence-corrected chi connectivity index (χ4v) is 6.54. The van der Waals surface area contributed by atoms with Gasteiger partial charge in [-0.3, -0.25) is 10.1 Å². The van der Waals surface area contributed by atoms with E-state index < -0.39 is 15.9 Å². The van der Waals surface area contributed by atoms with Gasteiger partial charge in [0.2, 0.25) is 15.2 Å². The first kappa shape index (κ1) is 22.8. The quantitative estimate of drug-likeness (QED) is 0.390. The summed E-state index contributed by atoms with van der Waals surface area (Å²) in [5.41, 5.74) is 1.89. The average molecular weight is 493 g/mol. The minimum atomic E-state index is -3.62. The van der Waals surface area contributed by atoms with Crippen molar-refractivity contribution in [2.45, 2.75) is 34.8 Å². The Labute approximate surface area is 194 Å². The van der Waals surface area contributed by atoms with Crippen molar-refractivity contribution < 1.29 is 17.6 Å². The number of aromatic nitrogens is 2. The molecule has 0 atom stereocenters. The molecule has 0 unspecified atom stereocenters. The number of anilines is 1. The first-order chi connectivity index (χ1) is 15.3. The summed E-state index contributed by atoms with van der Waals surface area (Å²) in [5, 5.41) is 11.1. The molecule has 0 spiro atoms. The third kappa shape index (κ3) is 5.17. The van der Waals surface area contributed by atoms with Gasteiger partial charge in [-0.1, -0.05) is 41.3 Å². The third-order valence-corrected chi connectivity index (χ3v) is 9.00. The maximum Gasteiger partial charge on any atom is 0.257 e. The monoisotopic (exact) mass is 492 g/mol. The molecule has 32 heavy (non-hydrogen) atoms. The second-order valence-electron chi connectivity index (χ2n) is 7.33. The van der Waals surface area contributed by atoms with Gasteiger partial charge in [0.1, 0.15) is 5.82 Å².